The van der Waals surface area contributed by atoms with Gasteiger partial charge in [-0.3, -0.25) is 9.59 Å². The van der Waals surface area contributed by atoms with Crippen LogP contribution < -0.4 is 0 Å². The molecule has 1 aromatic rings. The second-order valence-electron chi connectivity index (χ2n) is 3.76. The summed E-state index contributed by atoms with van der Waals surface area (Å²) in [5.41, 5.74) is 0.707. The molecule has 2 unspecified atom stereocenters. The van der Waals surface area contributed by atoms with Crippen molar-refractivity contribution in [3.05, 3.63) is 35.9 Å². The van der Waals surface area contributed by atoms with E-state index in [1.54, 1.807) is 19.1 Å². The van der Waals surface area contributed by atoms with Crippen LogP contribution in [-0.4, -0.2) is 22.1 Å². The molecule has 2 nitrogen and oxygen atoms in total. The van der Waals surface area contributed by atoms with E-state index in [9.17, 15) is 9.59 Å². The summed E-state index contributed by atoms with van der Waals surface area (Å²) in [5.74, 6) is 0.191. The van der Waals surface area contributed by atoms with Gasteiger partial charge in [-0.05, 0) is 20.8 Å². The SMILES string of the molecule is CC(=O)C(C)SC(C)C(=O)c1ccccc1. The Kier molecular flexibility index (Phi) is 4.74. The summed E-state index contributed by atoms with van der Waals surface area (Å²) < 4.78 is 0. The van der Waals surface area contributed by atoms with Crippen LogP contribution in [0.5, 0.6) is 0 Å². The highest BCUT2D eigenvalue weighted by molar-refractivity contribution is 8.01. The minimum absolute atomic E-state index is 0.0821. The van der Waals surface area contributed by atoms with Crippen LogP contribution in [0.25, 0.3) is 0 Å². The zero-order valence-electron chi connectivity index (χ0n) is 9.77. The number of Topliss-reactive ketones (excluding diaryl/α,β-unsaturated/α-hetero) is 2. The number of ketones is 2. The van der Waals surface area contributed by atoms with E-state index in [1.807, 2.05) is 32.0 Å². The zero-order chi connectivity index (χ0) is 12.1. The van der Waals surface area contributed by atoms with Gasteiger partial charge in [0.25, 0.3) is 0 Å². The number of carbonyl (C=O) groups is 2. The largest absolute Gasteiger partial charge is 0.299 e. The maximum Gasteiger partial charge on any atom is 0.175 e. The Hall–Kier alpha value is -1.09. The summed E-state index contributed by atoms with van der Waals surface area (Å²) in [4.78, 5) is 23.1. The van der Waals surface area contributed by atoms with E-state index in [-0.39, 0.29) is 22.1 Å². The van der Waals surface area contributed by atoms with E-state index in [2.05, 4.69) is 0 Å². The zero-order valence-corrected chi connectivity index (χ0v) is 10.6. The van der Waals surface area contributed by atoms with Crippen LogP contribution in [-0.2, 0) is 4.79 Å². The summed E-state index contributed by atoms with van der Waals surface area (Å²) in [6.07, 6.45) is 0. The van der Waals surface area contributed by atoms with E-state index in [0.29, 0.717) is 5.56 Å². The van der Waals surface area contributed by atoms with E-state index < -0.39 is 0 Å². The van der Waals surface area contributed by atoms with Gasteiger partial charge in [0.05, 0.1) is 10.5 Å². The van der Waals surface area contributed by atoms with E-state index in [4.69, 9.17) is 0 Å². The molecule has 0 aliphatic heterocycles. The molecule has 1 rings (SSSR count). The van der Waals surface area contributed by atoms with Gasteiger partial charge < -0.3 is 0 Å². The fourth-order valence-corrected chi connectivity index (χ4v) is 2.36. The predicted octanol–water partition coefficient (Wildman–Crippen LogP) is 2.97. The van der Waals surface area contributed by atoms with Gasteiger partial charge in [-0.2, -0.15) is 0 Å². The predicted molar refractivity (Wildman–Crippen MR) is 68.0 cm³/mol. The molecule has 0 saturated heterocycles. The molecule has 0 radical (unpaired) electrons. The van der Waals surface area contributed by atoms with Crippen LogP contribution in [0.3, 0.4) is 0 Å². The van der Waals surface area contributed by atoms with Crippen molar-refractivity contribution in [2.45, 2.75) is 31.3 Å². The average Bonchev–Trinajstić information content (AvgIpc) is 2.28. The number of rotatable bonds is 5. The highest BCUT2D eigenvalue weighted by Gasteiger charge is 2.20. The number of carbonyl (C=O) groups excluding carboxylic acids is 2. The smallest absolute Gasteiger partial charge is 0.175 e. The Balaban J connectivity index is 2.65. The first-order chi connectivity index (χ1) is 7.52. The lowest BCUT2D eigenvalue weighted by Gasteiger charge is -2.13. The van der Waals surface area contributed by atoms with Gasteiger partial charge in [0.2, 0.25) is 0 Å². The second kappa shape index (κ2) is 5.85. The number of hydrogen-bond donors (Lipinski definition) is 0. The summed E-state index contributed by atoms with van der Waals surface area (Å²) in [6.45, 7) is 5.23. The van der Waals surface area contributed by atoms with Crippen molar-refractivity contribution in [3.63, 3.8) is 0 Å². The van der Waals surface area contributed by atoms with E-state index in [1.165, 1.54) is 11.8 Å². The molecule has 0 amide bonds. The fraction of sp³-hybridized carbons (Fsp3) is 0.385. The van der Waals surface area contributed by atoms with Crippen LogP contribution in [0, 0.1) is 0 Å². The Labute approximate surface area is 100 Å². The van der Waals surface area contributed by atoms with Crippen molar-refractivity contribution in [2.24, 2.45) is 0 Å². The lowest BCUT2D eigenvalue weighted by Crippen LogP contribution is -2.19. The lowest BCUT2D eigenvalue weighted by molar-refractivity contribution is -0.116. The Bertz CT molecular complexity index is 373. The van der Waals surface area contributed by atoms with Crippen LogP contribution in [0.15, 0.2) is 30.3 Å². The molecule has 0 spiro atoms. The fourth-order valence-electron chi connectivity index (χ4n) is 1.30. The third-order valence-corrected chi connectivity index (χ3v) is 3.77. The van der Waals surface area contributed by atoms with Crippen molar-refractivity contribution in [3.8, 4) is 0 Å². The molecule has 0 bridgehead atoms. The molecule has 0 aromatic heterocycles. The quantitative estimate of drug-likeness (QED) is 0.737. The number of benzene rings is 1. The Morgan fingerprint density at radius 1 is 1.06 bits per heavy atom. The third kappa shape index (κ3) is 3.49. The average molecular weight is 236 g/mol. The standard InChI is InChI=1S/C13H16O2S/c1-9(14)10(2)16-11(3)13(15)12-7-5-4-6-8-12/h4-8,10-11H,1-3H3. The topological polar surface area (TPSA) is 34.1 Å². The lowest BCUT2D eigenvalue weighted by atomic mass is 10.1. The molecule has 0 saturated carbocycles. The molecule has 3 heteroatoms. The summed E-state index contributed by atoms with van der Waals surface area (Å²) in [5, 5.41) is -0.302. The van der Waals surface area contributed by atoms with Gasteiger partial charge in [-0.15, -0.1) is 11.8 Å². The van der Waals surface area contributed by atoms with Crippen LogP contribution in [0.1, 0.15) is 31.1 Å². The maximum absolute atomic E-state index is 12.0. The van der Waals surface area contributed by atoms with Gasteiger partial charge in [-0.1, -0.05) is 30.3 Å². The number of hydrogen-bond acceptors (Lipinski definition) is 3. The highest BCUT2D eigenvalue weighted by Crippen LogP contribution is 2.21. The van der Waals surface area contributed by atoms with Crippen molar-refractivity contribution >= 4 is 23.3 Å². The molecular formula is C13H16O2S. The van der Waals surface area contributed by atoms with E-state index in [0.717, 1.165) is 0 Å². The van der Waals surface area contributed by atoms with Gasteiger partial charge in [0.15, 0.2) is 5.78 Å². The summed E-state index contributed by atoms with van der Waals surface area (Å²) in [6, 6.07) is 9.18. The molecule has 0 aliphatic rings. The molecule has 16 heavy (non-hydrogen) atoms. The highest BCUT2D eigenvalue weighted by atomic mass is 32.2. The van der Waals surface area contributed by atoms with Crippen molar-refractivity contribution in [1.29, 1.82) is 0 Å². The second-order valence-corrected chi connectivity index (χ2v) is 5.45. The van der Waals surface area contributed by atoms with Crippen molar-refractivity contribution in [2.75, 3.05) is 0 Å². The minimum Gasteiger partial charge on any atom is -0.299 e. The van der Waals surface area contributed by atoms with Crippen LogP contribution in [0.4, 0.5) is 0 Å². The third-order valence-electron chi connectivity index (χ3n) is 2.41. The molecule has 0 heterocycles. The minimum atomic E-state index is -0.179. The monoisotopic (exact) mass is 236 g/mol. The first-order valence-electron chi connectivity index (χ1n) is 5.27. The molecular weight excluding hydrogens is 220 g/mol. The van der Waals surface area contributed by atoms with Gasteiger partial charge in [-0.25, -0.2) is 0 Å². The molecule has 0 fully saturated rings. The summed E-state index contributed by atoms with van der Waals surface area (Å²) in [7, 11) is 0. The van der Waals surface area contributed by atoms with Gasteiger partial charge in [0.1, 0.15) is 5.78 Å². The number of thioether (sulfide) groups is 1. The first-order valence-corrected chi connectivity index (χ1v) is 6.22. The molecule has 86 valence electrons. The first kappa shape index (κ1) is 13.0. The normalized spacial score (nSPS) is 14.2. The van der Waals surface area contributed by atoms with Gasteiger partial charge in [0, 0.05) is 5.56 Å². The van der Waals surface area contributed by atoms with E-state index >= 15 is 0 Å². The van der Waals surface area contributed by atoms with Crippen LogP contribution >= 0.6 is 11.8 Å². The van der Waals surface area contributed by atoms with Crippen molar-refractivity contribution in [1.82, 2.24) is 0 Å². The Morgan fingerprint density at radius 2 is 1.62 bits per heavy atom. The molecule has 2 atom stereocenters. The Morgan fingerprint density at radius 3 is 2.12 bits per heavy atom. The van der Waals surface area contributed by atoms with Crippen LogP contribution in [0.2, 0.25) is 0 Å². The summed E-state index contributed by atoms with van der Waals surface area (Å²) >= 11 is 1.41. The molecule has 0 aliphatic carbocycles. The molecule has 1 aromatic carbocycles. The van der Waals surface area contributed by atoms with Gasteiger partial charge >= 0.3 is 0 Å². The molecule has 0 N–H and O–H groups in total. The van der Waals surface area contributed by atoms with Crippen molar-refractivity contribution < 1.29 is 9.59 Å². The maximum atomic E-state index is 12.0.